The summed E-state index contributed by atoms with van der Waals surface area (Å²) in [5.74, 6) is -0.216. The van der Waals surface area contributed by atoms with E-state index in [1.807, 2.05) is 24.3 Å². The number of anilines is 2. The maximum atomic E-state index is 12.3. The first-order chi connectivity index (χ1) is 9.21. The summed E-state index contributed by atoms with van der Waals surface area (Å²) in [6.07, 6.45) is 1.32. The van der Waals surface area contributed by atoms with Gasteiger partial charge in [-0.05, 0) is 25.0 Å². The molecule has 0 unspecified atom stereocenters. The van der Waals surface area contributed by atoms with Crippen LogP contribution in [0.2, 0.25) is 0 Å². The first-order valence-electron chi connectivity index (χ1n) is 6.66. The Balaban J connectivity index is 1.75. The Morgan fingerprint density at radius 3 is 2.79 bits per heavy atom. The Hall–Kier alpha value is -2.04. The molecule has 2 amide bonds. The van der Waals surface area contributed by atoms with Crippen molar-refractivity contribution in [3.8, 4) is 0 Å². The van der Waals surface area contributed by atoms with Crippen molar-refractivity contribution < 1.29 is 9.59 Å². The molecule has 0 spiro atoms. The largest absolute Gasteiger partial charge is 0.382 e. The number of nitrogens with zero attached hydrogens (tertiary/aromatic N) is 1. The van der Waals surface area contributed by atoms with Crippen molar-refractivity contribution in [3.63, 3.8) is 0 Å². The van der Waals surface area contributed by atoms with E-state index in [2.05, 4.69) is 15.5 Å². The highest BCUT2D eigenvalue weighted by atomic mass is 16.2. The van der Waals surface area contributed by atoms with Crippen LogP contribution in [-0.4, -0.2) is 30.4 Å². The first kappa shape index (κ1) is 10.8. The Morgan fingerprint density at radius 2 is 2.00 bits per heavy atom. The fourth-order valence-corrected chi connectivity index (χ4v) is 3.53. The topological polar surface area (TPSA) is 61.4 Å². The van der Waals surface area contributed by atoms with Crippen molar-refractivity contribution in [1.82, 2.24) is 5.32 Å². The minimum atomic E-state index is -0.503. The highest BCUT2D eigenvalue weighted by Crippen LogP contribution is 2.49. The molecule has 1 aromatic carbocycles. The molecular formula is C14H15N3O2. The average Bonchev–Trinajstić information content (AvgIpc) is 2.37. The predicted octanol–water partition coefficient (Wildman–Crippen LogP) is 0.724. The number of piperidine rings is 2. The molecule has 3 heterocycles. The molecule has 0 aromatic heterocycles. The molecule has 1 aliphatic carbocycles. The molecule has 3 fully saturated rings. The predicted molar refractivity (Wildman–Crippen MR) is 70.9 cm³/mol. The van der Waals surface area contributed by atoms with Crippen LogP contribution in [0.15, 0.2) is 24.3 Å². The highest BCUT2D eigenvalue weighted by molar-refractivity contribution is 6.09. The lowest BCUT2D eigenvalue weighted by atomic mass is 9.63. The standard InChI is InChI=1S/C14H15N3O2/c18-12-9-7-14(8-9,13(19)16-12)17-6-5-15-10-3-1-2-4-11(10)17/h1-4,9,15H,5-8H2,(H,16,18,19). The molecule has 4 aliphatic rings. The number of benzene rings is 1. The third kappa shape index (κ3) is 1.30. The number of rotatable bonds is 1. The average molecular weight is 257 g/mol. The Morgan fingerprint density at radius 1 is 1.21 bits per heavy atom. The summed E-state index contributed by atoms with van der Waals surface area (Å²) in [4.78, 5) is 26.0. The summed E-state index contributed by atoms with van der Waals surface area (Å²) < 4.78 is 0. The summed E-state index contributed by atoms with van der Waals surface area (Å²) >= 11 is 0. The molecule has 98 valence electrons. The van der Waals surface area contributed by atoms with E-state index >= 15 is 0 Å². The normalized spacial score (nSPS) is 32.0. The second-order valence-corrected chi connectivity index (χ2v) is 5.55. The molecule has 1 saturated carbocycles. The number of hydrogen-bond acceptors (Lipinski definition) is 4. The van der Waals surface area contributed by atoms with Gasteiger partial charge in [0, 0.05) is 19.0 Å². The number of nitrogens with one attached hydrogen (secondary N) is 2. The second kappa shape index (κ2) is 3.50. The summed E-state index contributed by atoms with van der Waals surface area (Å²) in [6.45, 7) is 1.62. The van der Waals surface area contributed by atoms with Crippen LogP contribution in [0, 0.1) is 5.92 Å². The molecule has 3 aliphatic heterocycles. The van der Waals surface area contributed by atoms with Crippen LogP contribution in [0.1, 0.15) is 12.8 Å². The highest BCUT2D eigenvalue weighted by Gasteiger charge is 2.61. The molecule has 2 bridgehead atoms. The van der Waals surface area contributed by atoms with Crippen LogP contribution >= 0.6 is 0 Å². The van der Waals surface area contributed by atoms with Gasteiger partial charge in [-0.25, -0.2) is 0 Å². The van der Waals surface area contributed by atoms with E-state index in [0.29, 0.717) is 12.8 Å². The molecule has 0 radical (unpaired) electrons. The number of carbonyl (C=O) groups excluding carboxylic acids is 2. The smallest absolute Gasteiger partial charge is 0.252 e. The van der Waals surface area contributed by atoms with Crippen LogP contribution in [0.4, 0.5) is 11.4 Å². The van der Waals surface area contributed by atoms with E-state index in [-0.39, 0.29) is 17.7 Å². The summed E-state index contributed by atoms with van der Waals surface area (Å²) in [6, 6.07) is 8.03. The van der Waals surface area contributed by atoms with Crippen LogP contribution < -0.4 is 15.5 Å². The minimum Gasteiger partial charge on any atom is -0.382 e. The van der Waals surface area contributed by atoms with Gasteiger partial charge in [0.2, 0.25) is 5.91 Å². The van der Waals surface area contributed by atoms with Gasteiger partial charge in [-0.2, -0.15) is 0 Å². The van der Waals surface area contributed by atoms with E-state index in [1.165, 1.54) is 0 Å². The monoisotopic (exact) mass is 257 g/mol. The quantitative estimate of drug-likeness (QED) is 0.728. The van der Waals surface area contributed by atoms with Crippen LogP contribution in [0.5, 0.6) is 0 Å². The molecule has 5 heteroatoms. The molecule has 0 atom stereocenters. The first-order valence-corrected chi connectivity index (χ1v) is 6.66. The van der Waals surface area contributed by atoms with Gasteiger partial charge >= 0.3 is 0 Å². The molecule has 2 saturated heterocycles. The molecule has 5 nitrogen and oxygen atoms in total. The van der Waals surface area contributed by atoms with Crippen molar-refractivity contribution in [1.29, 1.82) is 0 Å². The van der Waals surface area contributed by atoms with E-state index in [1.54, 1.807) is 0 Å². The molecule has 5 rings (SSSR count). The molecular weight excluding hydrogens is 242 g/mol. The van der Waals surface area contributed by atoms with Crippen LogP contribution in [0.3, 0.4) is 0 Å². The molecule has 1 aromatic rings. The van der Waals surface area contributed by atoms with Gasteiger partial charge in [0.25, 0.3) is 5.91 Å². The number of amides is 2. The van der Waals surface area contributed by atoms with Crippen molar-refractivity contribution in [2.75, 3.05) is 23.3 Å². The zero-order chi connectivity index (χ0) is 13.0. The summed E-state index contributed by atoms with van der Waals surface area (Å²) in [5, 5.41) is 5.86. The zero-order valence-corrected chi connectivity index (χ0v) is 10.5. The lowest BCUT2D eigenvalue weighted by Crippen LogP contribution is -2.74. The number of imide groups is 1. The lowest BCUT2D eigenvalue weighted by molar-refractivity contribution is -0.150. The number of fused-ring (bicyclic) bond motifs is 3. The maximum absolute atomic E-state index is 12.3. The van der Waals surface area contributed by atoms with Gasteiger partial charge in [0.05, 0.1) is 11.4 Å². The summed E-state index contributed by atoms with van der Waals surface area (Å²) in [5.41, 5.74) is 1.63. The van der Waals surface area contributed by atoms with Gasteiger partial charge in [0.1, 0.15) is 5.54 Å². The molecule has 19 heavy (non-hydrogen) atoms. The number of hydrogen-bond donors (Lipinski definition) is 2. The van der Waals surface area contributed by atoms with Gasteiger partial charge in [0.15, 0.2) is 0 Å². The van der Waals surface area contributed by atoms with Crippen molar-refractivity contribution >= 4 is 23.2 Å². The fraction of sp³-hybridized carbons (Fsp3) is 0.429. The van der Waals surface area contributed by atoms with Crippen molar-refractivity contribution in [3.05, 3.63) is 24.3 Å². The Kier molecular flexibility index (Phi) is 2.00. The third-order valence-corrected chi connectivity index (χ3v) is 4.56. The van der Waals surface area contributed by atoms with Crippen molar-refractivity contribution in [2.45, 2.75) is 18.4 Å². The SMILES string of the molecule is O=C1NC(=O)C2(N3CCNc4ccccc43)CC1C2. The number of carbonyl (C=O) groups is 2. The van der Waals surface area contributed by atoms with E-state index in [9.17, 15) is 9.59 Å². The fourth-order valence-electron chi connectivity index (χ4n) is 3.53. The van der Waals surface area contributed by atoms with E-state index < -0.39 is 5.54 Å². The van der Waals surface area contributed by atoms with E-state index in [0.717, 1.165) is 24.5 Å². The Labute approximate surface area is 111 Å². The van der Waals surface area contributed by atoms with Crippen LogP contribution in [-0.2, 0) is 9.59 Å². The maximum Gasteiger partial charge on any atom is 0.252 e. The van der Waals surface area contributed by atoms with Gasteiger partial charge < -0.3 is 10.2 Å². The summed E-state index contributed by atoms with van der Waals surface area (Å²) in [7, 11) is 0. The van der Waals surface area contributed by atoms with Gasteiger partial charge in [-0.1, -0.05) is 12.1 Å². The van der Waals surface area contributed by atoms with Crippen LogP contribution in [0.25, 0.3) is 0 Å². The molecule has 2 N–H and O–H groups in total. The van der Waals surface area contributed by atoms with Gasteiger partial charge in [-0.15, -0.1) is 0 Å². The second-order valence-electron chi connectivity index (χ2n) is 5.55. The number of para-hydroxylation sites is 2. The van der Waals surface area contributed by atoms with E-state index in [4.69, 9.17) is 0 Å². The lowest BCUT2D eigenvalue weighted by Gasteiger charge is -2.57. The minimum absolute atomic E-state index is 0.0137. The third-order valence-electron chi connectivity index (χ3n) is 4.56. The van der Waals surface area contributed by atoms with Gasteiger partial charge in [-0.3, -0.25) is 14.9 Å². The zero-order valence-electron chi connectivity index (χ0n) is 10.5. The Bertz CT molecular complexity index is 578. The van der Waals surface area contributed by atoms with Crippen molar-refractivity contribution in [2.24, 2.45) is 5.92 Å².